The predicted molar refractivity (Wildman–Crippen MR) is 68.4 cm³/mol. The second kappa shape index (κ2) is 7.89. The summed E-state index contributed by atoms with van der Waals surface area (Å²) < 4.78 is 11.9. The molecule has 1 rings (SSSR count). The van der Waals surface area contributed by atoms with Crippen LogP contribution in [-0.4, -0.2) is 31.0 Å². The number of alkyl halides is 1. The molecule has 100 valence electrons. The summed E-state index contributed by atoms with van der Waals surface area (Å²) in [5.74, 6) is 0. The molecule has 0 fully saturated rings. The summed E-state index contributed by atoms with van der Waals surface area (Å²) in [6.07, 6.45) is 0.276. The Labute approximate surface area is 110 Å². The first-order valence-corrected chi connectivity index (χ1v) is 6.02. The highest BCUT2D eigenvalue weighted by molar-refractivity contribution is 6.30. The third kappa shape index (κ3) is 4.89. The Morgan fingerprint density at radius 3 is 2.61 bits per heavy atom. The molecule has 1 atom stereocenters. The lowest BCUT2D eigenvalue weighted by atomic mass is 10.1. The zero-order valence-corrected chi connectivity index (χ0v) is 10.6. The summed E-state index contributed by atoms with van der Waals surface area (Å²) in [6, 6.07) is 5.88. The molecule has 1 aromatic carbocycles. The van der Waals surface area contributed by atoms with Gasteiger partial charge in [-0.25, -0.2) is 4.79 Å². The molecule has 0 saturated carbocycles. The van der Waals surface area contributed by atoms with Gasteiger partial charge in [-0.15, -0.1) is 0 Å². The van der Waals surface area contributed by atoms with Gasteiger partial charge in [0.25, 0.3) is 0 Å². The fourth-order valence-corrected chi connectivity index (χ4v) is 1.53. The van der Waals surface area contributed by atoms with E-state index in [1.807, 2.05) is 0 Å². The van der Waals surface area contributed by atoms with Crippen LogP contribution in [0, 0.1) is 0 Å². The van der Waals surface area contributed by atoms with Gasteiger partial charge in [0.1, 0.15) is 0 Å². The van der Waals surface area contributed by atoms with Gasteiger partial charge in [0.2, 0.25) is 0 Å². The van der Waals surface area contributed by atoms with E-state index in [4.69, 9.17) is 11.6 Å². The van der Waals surface area contributed by atoms with E-state index in [9.17, 15) is 14.3 Å². The number of halogens is 2. The van der Waals surface area contributed by atoms with Crippen molar-refractivity contribution in [2.24, 2.45) is 0 Å². The van der Waals surface area contributed by atoms with Crippen LogP contribution in [0.1, 0.15) is 18.0 Å². The van der Waals surface area contributed by atoms with Gasteiger partial charge in [-0.2, -0.15) is 0 Å². The van der Waals surface area contributed by atoms with Crippen LogP contribution in [0.4, 0.5) is 9.18 Å². The number of rotatable bonds is 6. The molecule has 0 aromatic heterocycles. The number of urea groups is 1. The maximum Gasteiger partial charge on any atom is 0.315 e. The minimum atomic E-state index is -0.507. The average Bonchev–Trinajstić information content (AvgIpc) is 2.37. The molecule has 0 heterocycles. The van der Waals surface area contributed by atoms with Crippen molar-refractivity contribution in [3.63, 3.8) is 0 Å². The lowest BCUT2D eigenvalue weighted by molar-refractivity contribution is 0.216. The molecule has 0 saturated heterocycles. The third-order valence-corrected chi connectivity index (χ3v) is 2.61. The molecule has 1 aromatic rings. The van der Waals surface area contributed by atoms with Crippen molar-refractivity contribution < 1.29 is 14.3 Å². The fourth-order valence-electron chi connectivity index (χ4n) is 1.41. The van der Waals surface area contributed by atoms with Gasteiger partial charge in [0.15, 0.2) is 0 Å². The van der Waals surface area contributed by atoms with Gasteiger partial charge in [0.05, 0.1) is 19.3 Å². The molecule has 0 bridgehead atoms. The maximum absolute atomic E-state index is 11.9. The number of carbonyl (C=O) groups excluding carboxylic acids is 1. The molecule has 2 amide bonds. The van der Waals surface area contributed by atoms with E-state index in [1.54, 1.807) is 24.3 Å². The van der Waals surface area contributed by atoms with Crippen molar-refractivity contribution in [2.45, 2.75) is 12.5 Å². The number of carbonyl (C=O) groups is 1. The van der Waals surface area contributed by atoms with Crippen molar-refractivity contribution >= 4 is 17.6 Å². The van der Waals surface area contributed by atoms with E-state index >= 15 is 0 Å². The van der Waals surface area contributed by atoms with Crippen LogP contribution in [0.15, 0.2) is 24.3 Å². The monoisotopic (exact) mass is 274 g/mol. The molecule has 0 aliphatic rings. The summed E-state index contributed by atoms with van der Waals surface area (Å²) in [5.41, 5.74) is 0.752. The first-order valence-electron chi connectivity index (χ1n) is 5.64. The number of benzene rings is 1. The lowest BCUT2D eigenvalue weighted by Crippen LogP contribution is -2.39. The summed E-state index contributed by atoms with van der Waals surface area (Å²) >= 11 is 5.75. The van der Waals surface area contributed by atoms with Crippen molar-refractivity contribution in [1.82, 2.24) is 10.6 Å². The van der Waals surface area contributed by atoms with Crippen LogP contribution in [0.3, 0.4) is 0 Å². The number of aliphatic hydroxyl groups excluding tert-OH is 1. The van der Waals surface area contributed by atoms with E-state index in [2.05, 4.69) is 10.6 Å². The average molecular weight is 275 g/mol. The quantitative estimate of drug-likeness (QED) is 0.695. The maximum atomic E-state index is 11.9. The zero-order chi connectivity index (χ0) is 13.4. The minimum Gasteiger partial charge on any atom is -0.394 e. The van der Waals surface area contributed by atoms with Crippen LogP contribution >= 0.6 is 11.6 Å². The van der Waals surface area contributed by atoms with Crippen LogP contribution in [0.2, 0.25) is 5.02 Å². The second-order valence-electron chi connectivity index (χ2n) is 3.73. The molecule has 18 heavy (non-hydrogen) atoms. The number of hydrogen-bond acceptors (Lipinski definition) is 2. The number of amides is 2. The van der Waals surface area contributed by atoms with E-state index in [0.717, 1.165) is 5.56 Å². The molecule has 4 nitrogen and oxygen atoms in total. The SMILES string of the molecule is O=C(NCCCF)NC(CO)c1ccc(Cl)cc1. The molecule has 0 radical (unpaired) electrons. The smallest absolute Gasteiger partial charge is 0.315 e. The summed E-state index contributed by atoms with van der Waals surface area (Å²) in [4.78, 5) is 11.4. The Morgan fingerprint density at radius 1 is 1.39 bits per heavy atom. The Bertz CT molecular complexity index is 373. The van der Waals surface area contributed by atoms with E-state index in [0.29, 0.717) is 5.02 Å². The number of hydrogen-bond donors (Lipinski definition) is 3. The summed E-state index contributed by atoms with van der Waals surface area (Å²) in [5, 5.41) is 14.9. The normalized spacial score (nSPS) is 11.9. The van der Waals surface area contributed by atoms with Crippen molar-refractivity contribution in [2.75, 3.05) is 19.8 Å². The number of nitrogens with one attached hydrogen (secondary N) is 2. The molecular formula is C12H16ClFN2O2. The summed E-state index contributed by atoms with van der Waals surface area (Å²) in [6.45, 7) is -0.430. The molecule has 1 unspecified atom stereocenters. The zero-order valence-electron chi connectivity index (χ0n) is 9.83. The minimum absolute atomic E-state index is 0.224. The van der Waals surface area contributed by atoms with Gasteiger partial charge in [-0.05, 0) is 24.1 Å². The Hall–Kier alpha value is -1.33. The van der Waals surface area contributed by atoms with Crippen LogP contribution in [-0.2, 0) is 0 Å². The lowest BCUT2D eigenvalue weighted by Gasteiger charge is -2.17. The second-order valence-corrected chi connectivity index (χ2v) is 4.17. The van der Waals surface area contributed by atoms with Crippen LogP contribution in [0.5, 0.6) is 0 Å². The highest BCUT2D eigenvalue weighted by Crippen LogP contribution is 2.15. The Morgan fingerprint density at radius 2 is 2.06 bits per heavy atom. The van der Waals surface area contributed by atoms with Crippen LogP contribution < -0.4 is 10.6 Å². The van der Waals surface area contributed by atoms with E-state index in [1.165, 1.54) is 0 Å². The van der Waals surface area contributed by atoms with E-state index < -0.39 is 18.7 Å². The topological polar surface area (TPSA) is 61.4 Å². The Balaban J connectivity index is 2.51. The van der Waals surface area contributed by atoms with Gasteiger partial charge >= 0.3 is 6.03 Å². The highest BCUT2D eigenvalue weighted by atomic mass is 35.5. The molecule has 0 aliphatic carbocycles. The standard InChI is InChI=1S/C12H16ClFN2O2/c13-10-4-2-9(3-5-10)11(8-17)16-12(18)15-7-1-6-14/h2-5,11,17H,1,6-8H2,(H2,15,16,18). The largest absolute Gasteiger partial charge is 0.394 e. The van der Waals surface area contributed by atoms with Gasteiger partial charge < -0.3 is 15.7 Å². The van der Waals surface area contributed by atoms with Gasteiger partial charge in [-0.3, -0.25) is 4.39 Å². The predicted octanol–water partition coefficient (Wildman–Crippen LogP) is 2.03. The van der Waals surface area contributed by atoms with Gasteiger partial charge in [0, 0.05) is 11.6 Å². The fraction of sp³-hybridized carbons (Fsp3) is 0.417. The van der Waals surface area contributed by atoms with Crippen LogP contribution in [0.25, 0.3) is 0 Å². The molecule has 0 spiro atoms. The summed E-state index contributed by atoms with van der Waals surface area (Å²) in [7, 11) is 0. The van der Waals surface area contributed by atoms with Crippen molar-refractivity contribution in [3.05, 3.63) is 34.9 Å². The van der Waals surface area contributed by atoms with Crippen molar-refractivity contribution in [3.8, 4) is 0 Å². The van der Waals surface area contributed by atoms with Gasteiger partial charge in [-0.1, -0.05) is 23.7 Å². The third-order valence-electron chi connectivity index (χ3n) is 2.36. The molecule has 0 aliphatic heterocycles. The molecule has 6 heteroatoms. The van der Waals surface area contributed by atoms with Crippen molar-refractivity contribution in [1.29, 1.82) is 0 Å². The first kappa shape index (κ1) is 14.7. The first-order chi connectivity index (χ1) is 8.67. The molecule has 3 N–H and O–H groups in total. The highest BCUT2D eigenvalue weighted by Gasteiger charge is 2.12. The Kier molecular flexibility index (Phi) is 6.46. The van der Waals surface area contributed by atoms with E-state index in [-0.39, 0.29) is 19.6 Å². The molecular weight excluding hydrogens is 259 g/mol. The number of aliphatic hydroxyl groups is 1.